The molecule has 1 heterocycles. The van der Waals surface area contributed by atoms with E-state index in [1.54, 1.807) is 32.6 Å². The van der Waals surface area contributed by atoms with Crippen LogP contribution in [0.4, 0.5) is 0 Å². The van der Waals surface area contributed by atoms with Gasteiger partial charge in [-0.1, -0.05) is 29.8 Å². The number of carbonyl (C=O) groups excluding carboxylic acids is 2. The van der Waals surface area contributed by atoms with Gasteiger partial charge in [-0.3, -0.25) is 9.59 Å². The Kier molecular flexibility index (Phi) is 3.36. The fourth-order valence-electron chi connectivity index (χ4n) is 2.35. The number of benzene rings is 1. The monoisotopic (exact) mass is 274 g/mol. The molecule has 2 amide bonds. The molecular weight excluding hydrogens is 252 g/mol. The Morgan fingerprint density at radius 2 is 1.60 bits per heavy atom. The Balaban J connectivity index is 2.33. The molecule has 0 unspecified atom stereocenters. The number of piperazine rings is 1. The average molecular weight is 274 g/mol. The molecule has 1 aliphatic rings. The Morgan fingerprint density at radius 3 is 2.15 bits per heavy atom. The maximum Gasteiger partial charge on any atom is 0.248 e. The van der Waals surface area contributed by atoms with Crippen LogP contribution < -0.4 is 5.32 Å². The summed E-state index contributed by atoms with van der Waals surface area (Å²) < 4.78 is 0. The van der Waals surface area contributed by atoms with Crippen LogP contribution in [0.25, 0.3) is 0 Å². The molecule has 0 aliphatic carbocycles. The van der Waals surface area contributed by atoms with Crippen molar-refractivity contribution >= 4 is 11.8 Å². The van der Waals surface area contributed by atoms with Gasteiger partial charge in [0.25, 0.3) is 0 Å². The first-order chi connectivity index (χ1) is 9.14. The van der Waals surface area contributed by atoms with E-state index in [1.807, 2.05) is 31.2 Å². The van der Waals surface area contributed by atoms with Gasteiger partial charge in [-0.15, -0.1) is 0 Å². The van der Waals surface area contributed by atoms with E-state index in [2.05, 4.69) is 5.32 Å². The number of hydrogen-bond acceptors (Lipinski definition) is 2. The summed E-state index contributed by atoms with van der Waals surface area (Å²) in [5, 5.41) is 2.79. The van der Waals surface area contributed by atoms with E-state index in [-0.39, 0.29) is 11.8 Å². The minimum Gasteiger partial charge on any atom is -0.340 e. The first-order valence-electron chi connectivity index (χ1n) is 6.85. The highest BCUT2D eigenvalue weighted by molar-refractivity contribution is 6.01. The second kappa shape index (κ2) is 4.62. The lowest BCUT2D eigenvalue weighted by Gasteiger charge is -2.47. The summed E-state index contributed by atoms with van der Waals surface area (Å²) in [4.78, 5) is 26.5. The van der Waals surface area contributed by atoms with Gasteiger partial charge in [0.1, 0.15) is 11.1 Å². The largest absolute Gasteiger partial charge is 0.340 e. The molecule has 0 spiro atoms. The Morgan fingerprint density at radius 1 is 1.05 bits per heavy atom. The molecule has 4 heteroatoms. The van der Waals surface area contributed by atoms with Gasteiger partial charge in [-0.25, -0.2) is 0 Å². The Labute approximate surface area is 120 Å². The summed E-state index contributed by atoms with van der Waals surface area (Å²) >= 11 is 0. The number of carbonyl (C=O) groups is 2. The lowest BCUT2D eigenvalue weighted by molar-refractivity contribution is -0.160. The molecule has 20 heavy (non-hydrogen) atoms. The summed E-state index contributed by atoms with van der Waals surface area (Å²) in [6.07, 6.45) is 0. The predicted molar refractivity (Wildman–Crippen MR) is 78.0 cm³/mol. The van der Waals surface area contributed by atoms with Crippen LogP contribution in [0.5, 0.6) is 0 Å². The number of nitrogens with zero attached hydrogens (tertiary/aromatic N) is 1. The standard InChI is InChI=1S/C16H22N2O2/c1-11-6-8-12(9-7-11)10-18-14(20)15(2,3)17-13(19)16(18,4)5/h6-9H,10H2,1-5H3,(H,17,19). The van der Waals surface area contributed by atoms with Gasteiger partial charge in [-0.05, 0) is 40.2 Å². The zero-order chi connectivity index (χ0) is 15.1. The maximum atomic E-state index is 12.6. The van der Waals surface area contributed by atoms with Crippen molar-refractivity contribution in [1.82, 2.24) is 10.2 Å². The van der Waals surface area contributed by atoms with Crippen LogP contribution >= 0.6 is 0 Å². The van der Waals surface area contributed by atoms with Crippen LogP contribution in [0.15, 0.2) is 24.3 Å². The van der Waals surface area contributed by atoms with Crippen molar-refractivity contribution in [3.8, 4) is 0 Å². The summed E-state index contributed by atoms with van der Waals surface area (Å²) in [5.41, 5.74) is 0.521. The minimum absolute atomic E-state index is 0.0531. The fraction of sp³-hybridized carbons (Fsp3) is 0.500. The van der Waals surface area contributed by atoms with Crippen molar-refractivity contribution in [2.45, 2.75) is 52.2 Å². The van der Waals surface area contributed by atoms with Gasteiger partial charge in [0.15, 0.2) is 0 Å². The summed E-state index contributed by atoms with van der Waals surface area (Å²) in [7, 11) is 0. The van der Waals surface area contributed by atoms with Gasteiger partial charge >= 0.3 is 0 Å². The molecule has 1 aromatic rings. The molecule has 0 atom stereocenters. The number of nitrogens with one attached hydrogen (secondary N) is 1. The molecule has 2 rings (SSSR count). The third kappa shape index (κ3) is 2.42. The van der Waals surface area contributed by atoms with Gasteiger partial charge < -0.3 is 10.2 Å². The SMILES string of the molecule is Cc1ccc(CN2C(=O)C(C)(C)NC(=O)C2(C)C)cc1. The third-order valence-electron chi connectivity index (χ3n) is 3.90. The zero-order valence-corrected chi connectivity index (χ0v) is 12.8. The lowest BCUT2D eigenvalue weighted by Crippen LogP contribution is -2.71. The smallest absolute Gasteiger partial charge is 0.248 e. The zero-order valence-electron chi connectivity index (χ0n) is 12.8. The van der Waals surface area contributed by atoms with Crippen LogP contribution in [-0.2, 0) is 16.1 Å². The van der Waals surface area contributed by atoms with Crippen LogP contribution in [0, 0.1) is 6.92 Å². The number of rotatable bonds is 2. The molecule has 108 valence electrons. The van der Waals surface area contributed by atoms with E-state index in [1.165, 1.54) is 5.56 Å². The van der Waals surface area contributed by atoms with Crippen molar-refractivity contribution in [3.63, 3.8) is 0 Å². The maximum absolute atomic E-state index is 12.6. The van der Waals surface area contributed by atoms with Crippen molar-refractivity contribution in [3.05, 3.63) is 35.4 Å². The highest BCUT2D eigenvalue weighted by Crippen LogP contribution is 2.27. The van der Waals surface area contributed by atoms with Gasteiger partial charge in [0.05, 0.1) is 0 Å². The predicted octanol–water partition coefficient (Wildman–Crippen LogP) is 2.01. The van der Waals surface area contributed by atoms with E-state index < -0.39 is 11.1 Å². The van der Waals surface area contributed by atoms with Crippen molar-refractivity contribution in [2.75, 3.05) is 0 Å². The number of amides is 2. The number of hydrogen-bond donors (Lipinski definition) is 1. The summed E-state index contributed by atoms with van der Waals surface area (Å²) in [6, 6.07) is 8.03. The van der Waals surface area contributed by atoms with E-state index in [9.17, 15) is 9.59 Å². The molecule has 1 N–H and O–H groups in total. The van der Waals surface area contributed by atoms with Gasteiger partial charge in [-0.2, -0.15) is 0 Å². The van der Waals surface area contributed by atoms with Crippen LogP contribution in [0.1, 0.15) is 38.8 Å². The van der Waals surface area contributed by atoms with Crippen molar-refractivity contribution in [1.29, 1.82) is 0 Å². The van der Waals surface area contributed by atoms with Crippen molar-refractivity contribution in [2.24, 2.45) is 0 Å². The fourth-order valence-corrected chi connectivity index (χ4v) is 2.35. The van der Waals surface area contributed by atoms with Gasteiger partial charge in [0.2, 0.25) is 11.8 Å². The first-order valence-corrected chi connectivity index (χ1v) is 6.85. The van der Waals surface area contributed by atoms with E-state index in [0.29, 0.717) is 6.54 Å². The van der Waals surface area contributed by atoms with Gasteiger partial charge in [0, 0.05) is 6.54 Å². The van der Waals surface area contributed by atoms with E-state index in [4.69, 9.17) is 0 Å². The highest BCUT2D eigenvalue weighted by Gasteiger charge is 2.49. The molecule has 1 saturated heterocycles. The molecule has 4 nitrogen and oxygen atoms in total. The van der Waals surface area contributed by atoms with Crippen LogP contribution in [0.2, 0.25) is 0 Å². The minimum atomic E-state index is -0.850. The van der Waals surface area contributed by atoms with Crippen LogP contribution in [-0.4, -0.2) is 27.8 Å². The first kappa shape index (κ1) is 14.6. The third-order valence-corrected chi connectivity index (χ3v) is 3.90. The van der Waals surface area contributed by atoms with E-state index in [0.717, 1.165) is 5.56 Å². The quantitative estimate of drug-likeness (QED) is 0.897. The summed E-state index contributed by atoms with van der Waals surface area (Å²) in [6.45, 7) is 9.52. The van der Waals surface area contributed by atoms with Crippen LogP contribution in [0.3, 0.4) is 0 Å². The normalized spacial score (nSPS) is 20.8. The molecule has 0 bridgehead atoms. The molecule has 0 saturated carbocycles. The van der Waals surface area contributed by atoms with E-state index >= 15 is 0 Å². The molecule has 0 radical (unpaired) electrons. The Hall–Kier alpha value is -1.84. The topological polar surface area (TPSA) is 49.4 Å². The molecule has 1 fully saturated rings. The second-order valence-corrected chi connectivity index (χ2v) is 6.52. The molecule has 1 aliphatic heterocycles. The Bertz CT molecular complexity index is 544. The molecule has 1 aromatic carbocycles. The molecular formula is C16H22N2O2. The van der Waals surface area contributed by atoms with Crippen molar-refractivity contribution < 1.29 is 9.59 Å². The summed E-state index contributed by atoms with van der Waals surface area (Å²) in [5.74, 6) is -0.170. The lowest BCUT2D eigenvalue weighted by atomic mass is 9.89. The molecule has 0 aromatic heterocycles. The average Bonchev–Trinajstić information content (AvgIpc) is 2.35. The second-order valence-electron chi connectivity index (χ2n) is 6.52. The highest BCUT2D eigenvalue weighted by atomic mass is 16.2. The number of aryl methyl sites for hydroxylation is 1.